The molecule has 2 fully saturated rings. The molecule has 1 aliphatic heterocycles. The average molecular weight is 474 g/mol. The van der Waals surface area contributed by atoms with Crippen LogP contribution < -0.4 is 10.8 Å². The van der Waals surface area contributed by atoms with E-state index in [2.05, 4.69) is 66.9 Å². The number of rotatable bonds is 5. The molecular weight excluding hydrogens is 429 g/mol. The van der Waals surface area contributed by atoms with Crippen molar-refractivity contribution in [2.24, 2.45) is 0 Å². The monoisotopic (exact) mass is 473 g/mol. The van der Waals surface area contributed by atoms with Crippen molar-refractivity contribution < 1.29 is 18.5 Å². The summed E-state index contributed by atoms with van der Waals surface area (Å²) in [5, 5.41) is 3.47. The zero-order chi connectivity index (χ0) is 24.8. The predicted molar refractivity (Wildman–Crippen MR) is 139 cm³/mol. The van der Waals surface area contributed by atoms with Crippen LogP contribution in [0.3, 0.4) is 0 Å². The summed E-state index contributed by atoms with van der Waals surface area (Å²) in [4.78, 5) is 12.9. The number of amides is 1. The summed E-state index contributed by atoms with van der Waals surface area (Å²) < 4.78 is 19.0. The normalized spacial score (nSPS) is 25.2. The second-order valence-electron chi connectivity index (χ2n) is 12.5. The molecule has 1 heterocycles. The number of aryl methyl sites for hydroxylation is 1. The minimum Gasteiger partial charge on any atom is -0.414 e. The van der Waals surface area contributed by atoms with E-state index in [1.54, 1.807) is 0 Å². The first-order valence-electron chi connectivity index (χ1n) is 12.5. The zero-order valence-electron chi connectivity index (χ0n) is 22.4. The summed E-state index contributed by atoms with van der Waals surface area (Å²) in [7, 11) is -2.16. The molecule has 0 spiro atoms. The minimum atomic E-state index is -1.75. The van der Waals surface area contributed by atoms with Crippen LogP contribution in [0.1, 0.15) is 90.1 Å². The lowest BCUT2D eigenvalue weighted by Crippen LogP contribution is -2.46. The van der Waals surface area contributed by atoms with Crippen LogP contribution in [0, 0.1) is 6.92 Å². The molecule has 0 aromatic heterocycles. The fourth-order valence-electron chi connectivity index (χ4n) is 4.24. The molecule has 5 nitrogen and oxygen atoms in total. The van der Waals surface area contributed by atoms with Crippen molar-refractivity contribution in [3.8, 4) is 0 Å². The summed E-state index contributed by atoms with van der Waals surface area (Å²) in [6.45, 7) is 21.7. The van der Waals surface area contributed by atoms with Gasteiger partial charge >= 0.3 is 7.12 Å². The molecule has 2 aliphatic rings. The number of carbonyl (C=O) groups is 1. The predicted octanol–water partition coefficient (Wildman–Crippen LogP) is 5.36. The van der Waals surface area contributed by atoms with E-state index in [0.717, 1.165) is 36.7 Å². The lowest BCUT2D eigenvalue weighted by Gasteiger charge is -2.41. The highest BCUT2D eigenvalue weighted by Gasteiger charge is 2.52. The SMILES string of the molecule is Cc1cc(C(=O)NC2CCC(O[Si](C)(C)C(C)(C)C)CC2)ccc1B1OC(C)(C)C(C)(C)O1. The molecule has 3 rings (SSSR count). The molecular formula is C26H44BNO4Si. The molecule has 1 aromatic carbocycles. The lowest BCUT2D eigenvalue weighted by molar-refractivity contribution is 0.00578. The first-order valence-corrected chi connectivity index (χ1v) is 15.4. The third-order valence-electron chi connectivity index (χ3n) is 8.32. The molecule has 0 radical (unpaired) electrons. The Morgan fingerprint density at radius 2 is 1.61 bits per heavy atom. The Morgan fingerprint density at radius 1 is 1.06 bits per heavy atom. The quantitative estimate of drug-likeness (QED) is 0.586. The Kier molecular flexibility index (Phi) is 7.33. The smallest absolute Gasteiger partial charge is 0.414 e. The van der Waals surface area contributed by atoms with Crippen LogP contribution in [0.15, 0.2) is 18.2 Å². The van der Waals surface area contributed by atoms with E-state index in [1.165, 1.54) is 0 Å². The van der Waals surface area contributed by atoms with Gasteiger partial charge in [-0.15, -0.1) is 0 Å². The largest absolute Gasteiger partial charge is 0.495 e. The van der Waals surface area contributed by atoms with Crippen molar-refractivity contribution in [3.05, 3.63) is 29.3 Å². The highest BCUT2D eigenvalue weighted by atomic mass is 28.4. The van der Waals surface area contributed by atoms with Crippen molar-refractivity contribution in [2.45, 2.75) is 123 Å². The van der Waals surface area contributed by atoms with E-state index in [9.17, 15) is 4.79 Å². The fraction of sp³-hybridized carbons (Fsp3) is 0.731. The highest BCUT2D eigenvalue weighted by Crippen LogP contribution is 2.39. The topological polar surface area (TPSA) is 56.8 Å². The molecule has 1 aliphatic carbocycles. The van der Waals surface area contributed by atoms with Crippen LogP contribution in [0.2, 0.25) is 18.1 Å². The average Bonchev–Trinajstić information content (AvgIpc) is 2.89. The van der Waals surface area contributed by atoms with Gasteiger partial charge in [0.2, 0.25) is 0 Å². The maximum atomic E-state index is 12.9. The van der Waals surface area contributed by atoms with Crippen LogP contribution in [0.25, 0.3) is 0 Å². The molecule has 184 valence electrons. The third-order valence-corrected chi connectivity index (χ3v) is 12.9. The van der Waals surface area contributed by atoms with Crippen molar-refractivity contribution in [1.82, 2.24) is 5.32 Å². The summed E-state index contributed by atoms with van der Waals surface area (Å²) in [5.74, 6) is -0.00710. The number of hydrogen-bond acceptors (Lipinski definition) is 4. The van der Waals surface area contributed by atoms with Gasteiger partial charge < -0.3 is 19.1 Å². The number of carbonyl (C=O) groups excluding carboxylic acids is 1. The van der Waals surface area contributed by atoms with Crippen LogP contribution in [0.5, 0.6) is 0 Å². The van der Waals surface area contributed by atoms with Gasteiger partial charge in [-0.1, -0.05) is 32.4 Å². The van der Waals surface area contributed by atoms with Gasteiger partial charge in [0.15, 0.2) is 8.32 Å². The van der Waals surface area contributed by atoms with E-state index in [-0.39, 0.29) is 28.2 Å². The Bertz CT molecular complexity index is 854. The van der Waals surface area contributed by atoms with Crippen LogP contribution in [0.4, 0.5) is 0 Å². The molecule has 1 aromatic rings. The Morgan fingerprint density at radius 3 is 2.09 bits per heavy atom. The summed E-state index contributed by atoms with van der Waals surface area (Å²) in [6, 6.07) is 6.01. The molecule has 1 amide bonds. The molecule has 1 N–H and O–H groups in total. The van der Waals surface area contributed by atoms with Crippen molar-refractivity contribution in [2.75, 3.05) is 0 Å². The zero-order valence-corrected chi connectivity index (χ0v) is 23.4. The summed E-state index contributed by atoms with van der Waals surface area (Å²) in [5.41, 5.74) is 1.91. The summed E-state index contributed by atoms with van der Waals surface area (Å²) >= 11 is 0. The van der Waals surface area contributed by atoms with Gasteiger partial charge in [0.25, 0.3) is 5.91 Å². The van der Waals surface area contributed by atoms with Gasteiger partial charge in [-0.2, -0.15) is 0 Å². The van der Waals surface area contributed by atoms with E-state index in [1.807, 2.05) is 25.1 Å². The molecule has 33 heavy (non-hydrogen) atoms. The van der Waals surface area contributed by atoms with Crippen LogP contribution in [-0.2, 0) is 13.7 Å². The van der Waals surface area contributed by atoms with Crippen molar-refractivity contribution >= 4 is 26.8 Å². The molecule has 0 unspecified atom stereocenters. The van der Waals surface area contributed by atoms with Gasteiger partial charge in [-0.05, 0) is 96.0 Å². The van der Waals surface area contributed by atoms with Gasteiger partial charge in [-0.25, -0.2) is 0 Å². The lowest BCUT2D eigenvalue weighted by atomic mass is 9.76. The first kappa shape index (κ1) is 26.5. The fourth-order valence-corrected chi connectivity index (χ4v) is 5.66. The number of hydrogen-bond donors (Lipinski definition) is 1. The van der Waals surface area contributed by atoms with Gasteiger partial charge in [0, 0.05) is 17.7 Å². The standard InChI is InChI=1S/C26H44BNO4Si/c1-18-17-19(11-16-22(18)27-31-25(5,6)26(7,8)32-27)23(29)28-20-12-14-21(15-13-20)30-33(9,10)24(2,3)4/h11,16-17,20-21H,12-15H2,1-10H3,(H,28,29). The number of nitrogens with one attached hydrogen (secondary N) is 1. The molecule has 0 bridgehead atoms. The van der Waals surface area contributed by atoms with Gasteiger partial charge in [-0.3, -0.25) is 4.79 Å². The van der Waals surface area contributed by atoms with Crippen LogP contribution in [-0.4, -0.2) is 44.7 Å². The third kappa shape index (κ3) is 5.75. The second kappa shape index (κ2) is 9.14. The summed E-state index contributed by atoms with van der Waals surface area (Å²) in [6.07, 6.45) is 4.28. The molecule has 7 heteroatoms. The maximum Gasteiger partial charge on any atom is 0.495 e. The second-order valence-corrected chi connectivity index (χ2v) is 17.2. The van der Waals surface area contributed by atoms with Crippen molar-refractivity contribution in [1.29, 1.82) is 0 Å². The first-order chi connectivity index (χ1) is 15.0. The highest BCUT2D eigenvalue weighted by molar-refractivity contribution is 6.74. The Hall–Kier alpha value is -1.15. The maximum absolute atomic E-state index is 12.9. The molecule has 1 saturated heterocycles. The van der Waals surface area contributed by atoms with E-state index in [4.69, 9.17) is 13.7 Å². The molecule has 0 atom stereocenters. The van der Waals surface area contributed by atoms with E-state index in [0.29, 0.717) is 11.7 Å². The van der Waals surface area contributed by atoms with E-state index >= 15 is 0 Å². The van der Waals surface area contributed by atoms with Gasteiger partial charge in [0.05, 0.1) is 11.2 Å². The minimum absolute atomic E-state index is 0.00710. The number of benzene rings is 1. The Balaban J connectivity index is 1.56. The van der Waals surface area contributed by atoms with Crippen molar-refractivity contribution in [3.63, 3.8) is 0 Å². The Labute approximate surface area is 202 Å². The van der Waals surface area contributed by atoms with Crippen LogP contribution >= 0.6 is 0 Å². The molecule has 1 saturated carbocycles. The van der Waals surface area contributed by atoms with E-state index < -0.39 is 15.4 Å². The van der Waals surface area contributed by atoms with Gasteiger partial charge in [0.1, 0.15) is 0 Å².